The molecule has 2 rings (SSSR count). The molecule has 0 atom stereocenters. The zero-order valence-electron chi connectivity index (χ0n) is 8.78. The summed E-state index contributed by atoms with van der Waals surface area (Å²) >= 11 is 0. The lowest BCUT2D eigenvalue weighted by molar-refractivity contribution is 0.553. The van der Waals surface area contributed by atoms with Gasteiger partial charge in [-0.15, -0.1) is 0 Å². The molecule has 0 spiro atoms. The Labute approximate surface area is 83.6 Å². The zero-order chi connectivity index (χ0) is 10.3. The number of nitrogens with zero attached hydrogens (tertiary/aromatic N) is 2. The van der Waals surface area contributed by atoms with E-state index in [1.807, 2.05) is 39.4 Å². The van der Waals surface area contributed by atoms with Gasteiger partial charge in [-0.3, -0.25) is 4.98 Å². The largest absolute Gasteiger partial charge is 0.349 e. The van der Waals surface area contributed by atoms with Crippen LogP contribution in [-0.2, 0) is 12.6 Å². The van der Waals surface area contributed by atoms with Crippen molar-refractivity contribution in [1.82, 2.24) is 9.55 Å². The first-order valence-electron chi connectivity index (χ1n) is 4.69. The third kappa shape index (κ3) is 1.40. The number of pyridine rings is 1. The van der Waals surface area contributed by atoms with Crippen LogP contribution in [0.4, 0.5) is 0 Å². The van der Waals surface area contributed by atoms with Crippen LogP contribution in [0.15, 0.2) is 24.5 Å². The Morgan fingerprint density at radius 3 is 2.79 bits per heavy atom. The van der Waals surface area contributed by atoms with Crippen LogP contribution >= 0.6 is 0 Å². The third-order valence-electron chi connectivity index (χ3n) is 2.48. The molecule has 3 heteroatoms. The second kappa shape index (κ2) is 2.82. The number of rotatable bonds is 1. The van der Waals surface area contributed by atoms with Crippen molar-refractivity contribution in [2.75, 3.05) is 0 Å². The molecule has 2 N–H and O–H groups in total. The number of fused-ring (bicyclic) bond motifs is 1. The van der Waals surface area contributed by atoms with Crippen molar-refractivity contribution in [2.24, 2.45) is 12.8 Å². The van der Waals surface area contributed by atoms with Gasteiger partial charge in [-0.05, 0) is 31.5 Å². The number of hydrogen-bond acceptors (Lipinski definition) is 2. The second-order valence-electron chi connectivity index (χ2n) is 4.28. The molecule has 74 valence electrons. The topological polar surface area (TPSA) is 43.8 Å². The average Bonchev–Trinajstić information content (AvgIpc) is 2.46. The maximum absolute atomic E-state index is 6.02. The van der Waals surface area contributed by atoms with Gasteiger partial charge in [-0.2, -0.15) is 0 Å². The number of nitrogens with two attached hydrogens (primary N) is 1. The lowest BCUT2D eigenvalue weighted by Crippen LogP contribution is -2.28. The minimum Gasteiger partial charge on any atom is -0.349 e. The molecule has 14 heavy (non-hydrogen) atoms. The molecule has 0 aromatic carbocycles. The molecule has 0 saturated heterocycles. The van der Waals surface area contributed by atoms with E-state index in [1.165, 1.54) is 0 Å². The van der Waals surface area contributed by atoms with Gasteiger partial charge in [0.1, 0.15) is 0 Å². The van der Waals surface area contributed by atoms with Gasteiger partial charge in [-0.25, -0.2) is 0 Å². The van der Waals surface area contributed by atoms with Crippen molar-refractivity contribution in [3.05, 3.63) is 30.1 Å². The monoisotopic (exact) mass is 189 g/mol. The molecule has 2 aromatic heterocycles. The summed E-state index contributed by atoms with van der Waals surface area (Å²) in [6.07, 6.45) is 3.85. The first kappa shape index (κ1) is 9.21. The highest BCUT2D eigenvalue weighted by molar-refractivity contribution is 5.76. The van der Waals surface area contributed by atoms with E-state index in [1.54, 1.807) is 0 Å². The summed E-state index contributed by atoms with van der Waals surface area (Å²) in [5, 5.41) is 0. The van der Waals surface area contributed by atoms with Gasteiger partial charge in [0.05, 0.1) is 11.0 Å². The Hall–Kier alpha value is -1.35. The van der Waals surface area contributed by atoms with Crippen LogP contribution in [0.3, 0.4) is 0 Å². The van der Waals surface area contributed by atoms with E-state index in [0.717, 1.165) is 16.6 Å². The Morgan fingerprint density at radius 1 is 1.43 bits per heavy atom. The van der Waals surface area contributed by atoms with Crippen molar-refractivity contribution in [3.63, 3.8) is 0 Å². The van der Waals surface area contributed by atoms with E-state index >= 15 is 0 Å². The maximum atomic E-state index is 6.02. The molecule has 0 aliphatic rings. The van der Waals surface area contributed by atoms with Gasteiger partial charge in [0.25, 0.3) is 0 Å². The fourth-order valence-corrected chi connectivity index (χ4v) is 1.49. The summed E-state index contributed by atoms with van der Waals surface area (Å²) in [4.78, 5) is 4.37. The maximum Gasteiger partial charge on any atom is 0.0881 e. The molecule has 0 saturated carbocycles. The molecular weight excluding hydrogens is 174 g/mol. The molecule has 3 nitrogen and oxygen atoms in total. The van der Waals surface area contributed by atoms with E-state index in [9.17, 15) is 0 Å². The van der Waals surface area contributed by atoms with Crippen LogP contribution in [-0.4, -0.2) is 9.55 Å². The molecule has 0 unspecified atom stereocenters. The number of aryl methyl sites for hydroxylation is 1. The molecule has 2 heterocycles. The predicted molar refractivity (Wildman–Crippen MR) is 57.9 cm³/mol. The van der Waals surface area contributed by atoms with Crippen LogP contribution in [0.2, 0.25) is 0 Å². The van der Waals surface area contributed by atoms with Crippen molar-refractivity contribution in [3.8, 4) is 0 Å². The van der Waals surface area contributed by atoms with Gasteiger partial charge in [-0.1, -0.05) is 0 Å². The Kier molecular flexibility index (Phi) is 1.86. The molecule has 2 aromatic rings. The van der Waals surface area contributed by atoms with Crippen molar-refractivity contribution in [2.45, 2.75) is 19.4 Å². The first-order valence-corrected chi connectivity index (χ1v) is 4.69. The zero-order valence-corrected chi connectivity index (χ0v) is 8.78. The fraction of sp³-hybridized carbons (Fsp3) is 0.364. The van der Waals surface area contributed by atoms with Gasteiger partial charge in [0, 0.05) is 25.0 Å². The molecule has 0 aliphatic carbocycles. The highest BCUT2D eigenvalue weighted by atomic mass is 14.9. The smallest absolute Gasteiger partial charge is 0.0881 e. The van der Waals surface area contributed by atoms with Crippen LogP contribution in [0.1, 0.15) is 19.4 Å². The SMILES string of the molecule is Cn1ccc2ncc(C(C)(C)N)cc21. The van der Waals surface area contributed by atoms with E-state index < -0.39 is 0 Å². The van der Waals surface area contributed by atoms with Gasteiger partial charge < -0.3 is 10.3 Å². The molecule has 0 bridgehead atoms. The van der Waals surface area contributed by atoms with E-state index in [4.69, 9.17) is 5.73 Å². The van der Waals surface area contributed by atoms with E-state index in [2.05, 4.69) is 15.6 Å². The summed E-state index contributed by atoms with van der Waals surface area (Å²) < 4.78 is 2.05. The first-order chi connectivity index (χ1) is 6.48. The summed E-state index contributed by atoms with van der Waals surface area (Å²) in [5.74, 6) is 0. The highest BCUT2D eigenvalue weighted by Gasteiger charge is 2.15. The van der Waals surface area contributed by atoms with E-state index in [-0.39, 0.29) is 5.54 Å². The van der Waals surface area contributed by atoms with Crippen LogP contribution in [0, 0.1) is 0 Å². The second-order valence-corrected chi connectivity index (χ2v) is 4.28. The van der Waals surface area contributed by atoms with Crippen molar-refractivity contribution >= 4 is 11.0 Å². The normalized spacial score (nSPS) is 12.3. The van der Waals surface area contributed by atoms with Gasteiger partial charge in [0.2, 0.25) is 0 Å². The lowest BCUT2D eigenvalue weighted by Gasteiger charge is -2.18. The third-order valence-corrected chi connectivity index (χ3v) is 2.48. The Bertz CT molecular complexity index is 463. The fourth-order valence-electron chi connectivity index (χ4n) is 1.49. The van der Waals surface area contributed by atoms with Crippen LogP contribution in [0.5, 0.6) is 0 Å². The number of aromatic nitrogens is 2. The standard InChI is InChI=1S/C11H15N3/c1-11(2,12)8-6-10-9(13-7-8)4-5-14(10)3/h4-7H,12H2,1-3H3. The summed E-state index contributed by atoms with van der Waals surface area (Å²) in [6.45, 7) is 3.97. The Balaban J connectivity index is 2.66. The summed E-state index contributed by atoms with van der Waals surface area (Å²) in [7, 11) is 2.01. The van der Waals surface area contributed by atoms with Crippen molar-refractivity contribution in [1.29, 1.82) is 0 Å². The minimum absolute atomic E-state index is 0.328. The summed E-state index contributed by atoms with van der Waals surface area (Å²) in [5.41, 5.74) is 8.89. The molecule has 0 amide bonds. The quantitative estimate of drug-likeness (QED) is 0.743. The molecular formula is C11H15N3. The number of hydrogen-bond donors (Lipinski definition) is 1. The molecule has 0 aliphatic heterocycles. The van der Waals surface area contributed by atoms with Crippen LogP contribution in [0.25, 0.3) is 11.0 Å². The van der Waals surface area contributed by atoms with Gasteiger partial charge >= 0.3 is 0 Å². The predicted octanol–water partition coefficient (Wildman–Crippen LogP) is 1.77. The lowest BCUT2D eigenvalue weighted by atomic mass is 9.97. The Morgan fingerprint density at radius 2 is 2.14 bits per heavy atom. The van der Waals surface area contributed by atoms with E-state index in [0.29, 0.717) is 0 Å². The van der Waals surface area contributed by atoms with Crippen LogP contribution < -0.4 is 5.73 Å². The summed E-state index contributed by atoms with van der Waals surface area (Å²) in [6, 6.07) is 4.10. The highest BCUT2D eigenvalue weighted by Crippen LogP contribution is 2.20. The van der Waals surface area contributed by atoms with Crippen molar-refractivity contribution < 1.29 is 0 Å². The molecule has 0 radical (unpaired) electrons. The minimum atomic E-state index is -0.328. The average molecular weight is 189 g/mol. The molecule has 0 fully saturated rings. The van der Waals surface area contributed by atoms with Gasteiger partial charge in [0.15, 0.2) is 0 Å².